The Morgan fingerprint density at radius 2 is 2.31 bits per heavy atom. The topological polar surface area (TPSA) is 49.8 Å². The maximum atomic E-state index is 6.03. The smallest absolute Gasteiger partial charge is 0.224 e. The summed E-state index contributed by atoms with van der Waals surface area (Å²) in [6.45, 7) is 5.19. The first-order chi connectivity index (χ1) is 7.70. The third-order valence-corrected chi connectivity index (χ3v) is 2.99. The lowest BCUT2D eigenvalue weighted by Gasteiger charge is -2.08. The van der Waals surface area contributed by atoms with Gasteiger partial charge in [0, 0.05) is 12.6 Å². The van der Waals surface area contributed by atoms with Crippen LogP contribution in [-0.2, 0) is 0 Å². The van der Waals surface area contributed by atoms with Crippen molar-refractivity contribution in [3.8, 4) is 0 Å². The molecule has 88 valence electrons. The van der Waals surface area contributed by atoms with Gasteiger partial charge in [-0.1, -0.05) is 25.4 Å². The normalized spacial score (nSPS) is 22.9. The minimum absolute atomic E-state index is 0.520. The number of anilines is 2. The minimum atomic E-state index is 0.520. The fourth-order valence-electron chi connectivity index (χ4n) is 1.49. The van der Waals surface area contributed by atoms with Gasteiger partial charge in [-0.25, -0.2) is 4.98 Å². The lowest BCUT2D eigenvalue weighted by molar-refractivity contribution is 0.917. The van der Waals surface area contributed by atoms with E-state index in [-0.39, 0.29) is 0 Å². The van der Waals surface area contributed by atoms with E-state index in [9.17, 15) is 0 Å². The lowest BCUT2D eigenvalue weighted by atomic mass is 10.4. The van der Waals surface area contributed by atoms with Gasteiger partial charge in [-0.2, -0.15) is 4.98 Å². The van der Waals surface area contributed by atoms with Crippen LogP contribution < -0.4 is 10.6 Å². The van der Waals surface area contributed by atoms with Crippen molar-refractivity contribution in [3.05, 3.63) is 11.2 Å². The number of hydrogen-bond acceptors (Lipinski definition) is 4. The molecule has 0 spiro atoms. The Balaban J connectivity index is 2.03. The van der Waals surface area contributed by atoms with Crippen molar-refractivity contribution in [3.63, 3.8) is 0 Å². The fraction of sp³-hybridized carbons (Fsp3) is 0.636. The molecule has 0 saturated heterocycles. The van der Waals surface area contributed by atoms with Crippen molar-refractivity contribution in [2.24, 2.45) is 5.92 Å². The first kappa shape index (κ1) is 11.5. The van der Waals surface area contributed by atoms with Gasteiger partial charge in [0.2, 0.25) is 5.95 Å². The van der Waals surface area contributed by atoms with Crippen molar-refractivity contribution in [1.29, 1.82) is 0 Å². The van der Waals surface area contributed by atoms with Gasteiger partial charge in [0.15, 0.2) is 5.82 Å². The molecular weight excluding hydrogens is 224 g/mol. The molecule has 2 atom stereocenters. The quantitative estimate of drug-likeness (QED) is 0.831. The van der Waals surface area contributed by atoms with E-state index in [2.05, 4.69) is 34.4 Å². The molecule has 0 amide bonds. The van der Waals surface area contributed by atoms with Gasteiger partial charge in [-0.3, -0.25) is 0 Å². The van der Waals surface area contributed by atoms with Crippen molar-refractivity contribution in [2.45, 2.75) is 32.7 Å². The summed E-state index contributed by atoms with van der Waals surface area (Å²) in [5.41, 5.74) is 0. The maximum absolute atomic E-state index is 6.03. The van der Waals surface area contributed by atoms with Crippen LogP contribution >= 0.6 is 11.6 Å². The number of halogens is 1. The number of nitrogens with zero attached hydrogens (tertiary/aromatic N) is 2. The highest BCUT2D eigenvalue weighted by Crippen LogP contribution is 2.34. The van der Waals surface area contributed by atoms with E-state index < -0.39 is 0 Å². The molecule has 0 aliphatic heterocycles. The minimum Gasteiger partial charge on any atom is -0.366 e. The van der Waals surface area contributed by atoms with Crippen LogP contribution in [0, 0.1) is 5.92 Å². The highest BCUT2D eigenvalue weighted by molar-refractivity contribution is 6.32. The number of hydrogen-bond donors (Lipinski definition) is 2. The van der Waals surface area contributed by atoms with Crippen LogP contribution in [0.1, 0.15) is 26.7 Å². The monoisotopic (exact) mass is 240 g/mol. The molecule has 1 aliphatic rings. The summed E-state index contributed by atoms with van der Waals surface area (Å²) in [5.74, 6) is 2.10. The van der Waals surface area contributed by atoms with Crippen molar-refractivity contribution >= 4 is 23.4 Å². The Morgan fingerprint density at radius 1 is 1.56 bits per heavy atom. The second-order valence-electron chi connectivity index (χ2n) is 4.28. The van der Waals surface area contributed by atoms with Crippen LogP contribution in [-0.4, -0.2) is 22.6 Å². The number of aromatic nitrogens is 2. The molecule has 2 N–H and O–H groups in total. The van der Waals surface area contributed by atoms with Gasteiger partial charge < -0.3 is 10.6 Å². The number of nitrogens with one attached hydrogen (secondary N) is 2. The van der Waals surface area contributed by atoms with Crippen LogP contribution in [0.15, 0.2) is 6.20 Å². The molecular formula is C11H17ClN4. The highest BCUT2D eigenvalue weighted by atomic mass is 35.5. The molecule has 0 aromatic carbocycles. The summed E-state index contributed by atoms with van der Waals surface area (Å²) in [6.07, 6.45) is 3.88. The molecule has 1 saturated carbocycles. The third kappa shape index (κ3) is 2.76. The van der Waals surface area contributed by atoms with E-state index in [4.69, 9.17) is 11.6 Å². The van der Waals surface area contributed by atoms with Crippen LogP contribution in [0.5, 0.6) is 0 Å². The zero-order valence-electron chi connectivity index (χ0n) is 9.63. The summed E-state index contributed by atoms with van der Waals surface area (Å²) in [5, 5.41) is 7.06. The highest BCUT2D eigenvalue weighted by Gasteiger charge is 2.33. The lowest BCUT2D eigenvalue weighted by Crippen LogP contribution is -2.09. The molecule has 2 rings (SSSR count). The van der Waals surface area contributed by atoms with E-state index in [1.807, 2.05) is 0 Å². The summed E-state index contributed by atoms with van der Waals surface area (Å²) >= 11 is 6.03. The average molecular weight is 241 g/mol. The molecule has 5 heteroatoms. The Kier molecular flexibility index (Phi) is 3.49. The summed E-state index contributed by atoms with van der Waals surface area (Å²) in [4.78, 5) is 8.49. The van der Waals surface area contributed by atoms with E-state index in [1.54, 1.807) is 6.20 Å². The predicted octanol–water partition coefficient (Wildman–Crippen LogP) is 2.77. The SMILES string of the molecule is CCCNc1ncc(Cl)c(NC2CC2C)n1. The zero-order chi connectivity index (χ0) is 11.5. The fourth-order valence-corrected chi connectivity index (χ4v) is 1.63. The molecule has 16 heavy (non-hydrogen) atoms. The molecule has 1 aromatic heterocycles. The van der Waals surface area contributed by atoms with Gasteiger partial charge in [-0.15, -0.1) is 0 Å². The largest absolute Gasteiger partial charge is 0.366 e. The Labute approximate surface area is 101 Å². The van der Waals surface area contributed by atoms with Gasteiger partial charge in [0.25, 0.3) is 0 Å². The van der Waals surface area contributed by atoms with Crippen molar-refractivity contribution in [1.82, 2.24) is 9.97 Å². The molecule has 0 radical (unpaired) electrons. The molecule has 1 aliphatic carbocycles. The predicted molar refractivity (Wildman–Crippen MR) is 67.0 cm³/mol. The van der Waals surface area contributed by atoms with Gasteiger partial charge in [-0.05, 0) is 18.8 Å². The molecule has 1 aromatic rings. The molecule has 1 fully saturated rings. The average Bonchev–Trinajstić information content (AvgIpc) is 2.95. The van der Waals surface area contributed by atoms with Gasteiger partial charge in [0.05, 0.1) is 6.20 Å². The van der Waals surface area contributed by atoms with E-state index in [0.717, 1.165) is 24.7 Å². The van der Waals surface area contributed by atoms with Crippen LogP contribution in [0.2, 0.25) is 5.02 Å². The van der Waals surface area contributed by atoms with E-state index in [0.29, 0.717) is 17.0 Å². The van der Waals surface area contributed by atoms with Crippen molar-refractivity contribution < 1.29 is 0 Å². The van der Waals surface area contributed by atoms with Crippen LogP contribution in [0.3, 0.4) is 0 Å². The van der Waals surface area contributed by atoms with E-state index >= 15 is 0 Å². The van der Waals surface area contributed by atoms with Gasteiger partial charge in [0.1, 0.15) is 5.02 Å². The number of rotatable bonds is 5. The molecule has 1 heterocycles. The molecule has 2 unspecified atom stereocenters. The standard InChI is InChI=1S/C11H17ClN4/c1-3-4-13-11-14-6-8(12)10(16-11)15-9-5-7(9)2/h6-7,9H,3-5H2,1-2H3,(H2,13,14,15,16). The maximum Gasteiger partial charge on any atom is 0.224 e. The first-order valence-electron chi connectivity index (χ1n) is 5.73. The van der Waals surface area contributed by atoms with Crippen molar-refractivity contribution in [2.75, 3.05) is 17.2 Å². The second kappa shape index (κ2) is 4.87. The van der Waals surface area contributed by atoms with Gasteiger partial charge >= 0.3 is 0 Å². The van der Waals surface area contributed by atoms with Crippen LogP contribution in [0.4, 0.5) is 11.8 Å². The Bertz CT molecular complexity index is 369. The summed E-state index contributed by atoms with van der Waals surface area (Å²) in [7, 11) is 0. The molecule has 4 nitrogen and oxygen atoms in total. The van der Waals surface area contributed by atoms with Crippen LogP contribution in [0.25, 0.3) is 0 Å². The van der Waals surface area contributed by atoms with E-state index in [1.165, 1.54) is 6.42 Å². The second-order valence-corrected chi connectivity index (χ2v) is 4.69. The third-order valence-electron chi connectivity index (χ3n) is 2.71. The Morgan fingerprint density at radius 3 is 2.94 bits per heavy atom. The Hall–Kier alpha value is -1.03. The zero-order valence-corrected chi connectivity index (χ0v) is 10.4. The summed E-state index contributed by atoms with van der Waals surface area (Å²) in [6, 6.07) is 0.520. The summed E-state index contributed by atoms with van der Waals surface area (Å²) < 4.78 is 0. The molecule has 0 bridgehead atoms. The first-order valence-corrected chi connectivity index (χ1v) is 6.11.